The molecular formula is C25H22BrClN2O4S. The van der Waals surface area contributed by atoms with Crippen LogP contribution in [0.1, 0.15) is 31.0 Å². The number of alkyl halides is 1. The molecule has 0 radical (unpaired) electrons. The predicted molar refractivity (Wildman–Crippen MR) is 138 cm³/mol. The zero-order valence-electron chi connectivity index (χ0n) is 18.6. The molecule has 4 rings (SSSR count). The topological polar surface area (TPSA) is 69.9 Å². The number of thiazole rings is 1. The van der Waals surface area contributed by atoms with Crippen LogP contribution in [0.5, 0.6) is 5.75 Å². The van der Waals surface area contributed by atoms with Gasteiger partial charge >= 0.3 is 5.97 Å². The van der Waals surface area contributed by atoms with Crippen molar-refractivity contribution >= 4 is 50.9 Å². The van der Waals surface area contributed by atoms with E-state index in [4.69, 9.17) is 21.1 Å². The Kier molecular flexibility index (Phi) is 7.70. The first-order chi connectivity index (χ1) is 16.4. The average molecular weight is 562 g/mol. The van der Waals surface area contributed by atoms with E-state index in [9.17, 15) is 9.59 Å². The highest BCUT2D eigenvalue weighted by Crippen LogP contribution is 2.31. The number of carbonyl (C=O) groups excluding carboxylic acids is 1. The van der Waals surface area contributed by atoms with E-state index in [2.05, 4.69) is 20.9 Å². The van der Waals surface area contributed by atoms with Gasteiger partial charge in [-0.15, -0.1) is 0 Å². The van der Waals surface area contributed by atoms with E-state index in [1.165, 1.54) is 11.3 Å². The zero-order chi connectivity index (χ0) is 24.2. The molecule has 2 heterocycles. The molecule has 1 aromatic heterocycles. The van der Waals surface area contributed by atoms with Crippen LogP contribution in [0.3, 0.4) is 0 Å². The predicted octanol–water partition coefficient (Wildman–Crippen LogP) is 4.23. The van der Waals surface area contributed by atoms with Crippen LogP contribution >= 0.6 is 38.9 Å². The van der Waals surface area contributed by atoms with E-state index in [-0.39, 0.29) is 12.2 Å². The number of hydrogen-bond acceptors (Lipinski definition) is 6. The lowest BCUT2D eigenvalue weighted by Gasteiger charge is -2.24. The lowest BCUT2D eigenvalue weighted by molar-refractivity contribution is -0.139. The van der Waals surface area contributed by atoms with Crippen LogP contribution < -0.4 is 19.6 Å². The fraction of sp³-hybridized carbons (Fsp3) is 0.240. The molecule has 0 N–H and O–H groups in total. The van der Waals surface area contributed by atoms with Gasteiger partial charge in [0.15, 0.2) is 4.80 Å². The van der Waals surface area contributed by atoms with E-state index in [0.29, 0.717) is 43.3 Å². The molecule has 0 saturated carbocycles. The van der Waals surface area contributed by atoms with Gasteiger partial charge in [0, 0.05) is 15.9 Å². The molecule has 34 heavy (non-hydrogen) atoms. The third kappa shape index (κ3) is 4.89. The first-order valence-corrected chi connectivity index (χ1v) is 13.0. The summed E-state index contributed by atoms with van der Waals surface area (Å²) in [5, 5.41) is 1.26. The van der Waals surface area contributed by atoms with Crippen LogP contribution in [0.15, 0.2) is 69.6 Å². The number of hydrogen-bond donors (Lipinski definition) is 0. The molecular weight excluding hydrogens is 540 g/mol. The number of rotatable bonds is 7. The summed E-state index contributed by atoms with van der Waals surface area (Å²) >= 11 is 10.7. The molecule has 9 heteroatoms. The lowest BCUT2D eigenvalue weighted by Crippen LogP contribution is -2.39. The summed E-state index contributed by atoms with van der Waals surface area (Å²) in [6.45, 7) is 4.23. The number of esters is 1. The average Bonchev–Trinajstić information content (AvgIpc) is 3.12. The van der Waals surface area contributed by atoms with Gasteiger partial charge < -0.3 is 9.47 Å². The zero-order valence-corrected chi connectivity index (χ0v) is 21.7. The fourth-order valence-electron chi connectivity index (χ4n) is 3.77. The normalized spacial score (nSPS) is 15.6. The van der Waals surface area contributed by atoms with Crippen LogP contribution in [-0.2, 0) is 9.53 Å². The quantitative estimate of drug-likeness (QED) is 0.320. The smallest absolute Gasteiger partial charge is 0.338 e. The number of aromatic nitrogens is 1. The highest BCUT2D eigenvalue weighted by Gasteiger charge is 2.33. The highest BCUT2D eigenvalue weighted by molar-refractivity contribution is 9.09. The monoisotopic (exact) mass is 560 g/mol. The number of nitrogens with zero attached hydrogens (tertiary/aromatic N) is 2. The molecule has 6 nitrogen and oxygen atoms in total. The molecule has 2 aromatic carbocycles. The minimum Gasteiger partial charge on any atom is -0.492 e. The van der Waals surface area contributed by atoms with Crippen molar-refractivity contribution in [3.05, 3.63) is 95.6 Å². The Morgan fingerprint density at radius 2 is 1.97 bits per heavy atom. The van der Waals surface area contributed by atoms with E-state index < -0.39 is 12.0 Å². The second kappa shape index (κ2) is 10.7. The van der Waals surface area contributed by atoms with Gasteiger partial charge in [-0.1, -0.05) is 69.2 Å². The highest BCUT2D eigenvalue weighted by atomic mass is 79.9. The molecule has 0 saturated heterocycles. The maximum Gasteiger partial charge on any atom is 0.338 e. The standard InChI is InChI=1S/C25H22BrClN2O4S/c1-3-32-24(31)21-15(2)28-25-29(22(21)16-8-10-18(27)11-9-16)23(30)20(34-25)14-17-6-4-5-7-19(17)33-13-12-26/h4-11,14,22H,3,12-13H2,1-2H3/t22-/m0/s1. The first kappa shape index (κ1) is 24.4. The molecule has 0 bridgehead atoms. The molecule has 0 aliphatic carbocycles. The summed E-state index contributed by atoms with van der Waals surface area (Å²) < 4.78 is 13.2. The molecule has 3 aromatic rings. The van der Waals surface area contributed by atoms with E-state index >= 15 is 0 Å². The molecule has 1 aliphatic rings. The van der Waals surface area contributed by atoms with Crippen molar-refractivity contribution in [1.29, 1.82) is 0 Å². The van der Waals surface area contributed by atoms with Gasteiger partial charge in [0.2, 0.25) is 0 Å². The number of allylic oxidation sites excluding steroid dienone is 1. The van der Waals surface area contributed by atoms with Crippen molar-refractivity contribution < 1.29 is 14.3 Å². The minimum absolute atomic E-state index is 0.221. The van der Waals surface area contributed by atoms with Gasteiger partial charge in [0.25, 0.3) is 5.56 Å². The number of carbonyl (C=O) groups is 1. The molecule has 176 valence electrons. The maximum atomic E-state index is 13.7. The molecule has 0 fully saturated rings. The van der Waals surface area contributed by atoms with Crippen molar-refractivity contribution in [2.45, 2.75) is 19.9 Å². The Balaban J connectivity index is 1.92. The van der Waals surface area contributed by atoms with Crippen molar-refractivity contribution in [3.63, 3.8) is 0 Å². The minimum atomic E-state index is -0.672. The molecule has 0 unspecified atom stereocenters. The van der Waals surface area contributed by atoms with E-state index in [0.717, 1.165) is 11.1 Å². The number of fused-ring (bicyclic) bond motifs is 1. The van der Waals surface area contributed by atoms with Gasteiger partial charge in [-0.05, 0) is 43.7 Å². The Bertz CT molecular complexity index is 1430. The van der Waals surface area contributed by atoms with E-state index in [1.807, 2.05) is 36.4 Å². The second-order valence-electron chi connectivity index (χ2n) is 7.43. The maximum absolute atomic E-state index is 13.7. The van der Waals surface area contributed by atoms with Gasteiger partial charge in [0.1, 0.15) is 5.75 Å². The van der Waals surface area contributed by atoms with Crippen LogP contribution in [0.2, 0.25) is 5.02 Å². The van der Waals surface area contributed by atoms with Crippen molar-refractivity contribution in [3.8, 4) is 5.75 Å². The summed E-state index contributed by atoms with van der Waals surface area (Å²) in [4.78, 5) is 31.7. The van der Waals surface area contributed by atoms with Crippen molar-refractivity contribution in [2.24, 2.45) is 4.99 Å². The summed E-state index contributed by atoms with van der Waals surface area (Å²) in [6.07, 6.45) is 1.80. The Labute approximate surface area is 213 Å². The third-order valence-corrected chi connectivity index (χ3v) is 6.80. The van der Waals surface area contributed by atoms with Crippen molar-refractivity contribution in [2.75, 3.05) is 18.5 Å². The summed E-state index contributed by atoms with van der Waals surface area (Å²) in [7, 11) is 0. The van der Waals surface area contributed by atoms with Gasteiger partial charge in [-0.3, -0.25) is 9.36 Å². The second-order valence-corrected chi connectivity index (χ2v) is 9.67. The summed E-state index contributed by atoms with van der Waals surface area (Å²) in [6, 6.07) is 14.0. The third-order valence-electron chi connectivity index (χ3n) is 5.24. The van der Waals surface area contributed by atoms with Crippen LogP contribution in [0.25, 0.3) is 6.08 Å². The largest absolute Gasteiger partial charge is 0.492 e. The van der Waals surface area contributed by atoms with Crippen LogP contribution in [-0.4, -0.2) is 29.1 Å². The number of para-hydroxylation sites is 1. The van der Waals surface area contributed by atoms with Gasteiger partial charge in [0.05, 0.1) is 35.1 Å². The Hall–Kier alpha value is -2.68. The Morgan fingerprint density at radius 3 is 2.68 bits per heavy atom. The molecule has 1 aliphatic heterocycles. The number of ether oxygens (including phenoxy) is 2. The van der Waals surface area contributed by atoms with Crippen LogP contribution in [0.4, 0.5) is 0 Å². The summed E-state index contributed by atoms with van der Waals surface area (Å²) in [5.74, 6) is 0.192. The SMILES string of the molecule is CCOC(=O)C1=C(C)N=c2sc(=Cc3ccccc3OCCBr)c(=O)n2[C@H]1c1ccc(Cl)cc1. The lowest BCUT2D eigenvalue weighted by atomic mass is 9.96. The fourth-order valence-corrected chi connectivity index (χ4v) is 5.10. The first-order valence-electron chi connectivity index (χ1n) is 10.7. The number of benzene rings is 2. The number of halogens is 2. The molecule has 1 atom stereocenters. The van der Waals surface area contributed by atoms with Crippen LogP contribution in [0, 0.1) is 0 Å². The molecule has 0 amide bonds. The summed E-state index contributed by atoms with van der Waals surface area (Å²) in [5.41, 5.74) is 2.15. The van der Waals surface area contributed by atoms with Gasteiger partial charge in [-0.25, -0.2) is 9.79 Å². The Morgan fingerprint density at radius 1 is 1.24 bits per heavy atom. The van der Waals surface area contributed by atoms with E-state index in [1.54, 1.807) is 36.6 Å². The van der Waals surface area contributed by atoms with Crippen molar-refractivity contribution in [1.82, 2.24) is 4.57 Å². The van der Waals surface area contributed by atoms with Gasteiger partial charge in [-0.2, -0.15) is 0 Å². The molecule has 0 spiro atoms.